The maximum absolute atomic E-state index is 10.7. The fraction of sp³-hybridized carbons (Fsp3) is 0. The molecule has 0 N–H and O–H groups in total. The van der Waals surface area contributed by atoms with Crippen molar-refractivity contribution in [3.05, 3.63) is 158 Å². The quantitative estimate of drug-likeness (QED) is 0.102. The Bertz CT molecular complexity index is 1320. The van der Waals surface area contributed by atoms with Gasteiger partial charge in [-0.05, 0) is 47.8 Å². The van der Waals surface area contributed by atoms with Gasteiger partial charge in [0.1, 0.15) is 0 Å². The van der Waals surface area contributed by atoms with Crippen molar-refractivity contribution in [1.82, 2.24) is 19.9 Å². The smallest absolute Gasteiger partial charge is 0.305 e. The Labute approximate surface area is 264 Å². The van der Waals surface area contributed by atoms with Gasteiger partial charge in [0, 0.05) is 24.8 Å². The first-order chi connectivity index (χ1) is 20.3. The van der Waals surface area contributed by atoms with Gasteiger partial charge in [0.25, 0.3) is 0 Å². The molecule has 0 aliphatic heterocycles. The molecule has 4 aromatic heterocycles. The van der Waals surface area contributed by atoms with Gasteiger partial charge < -0.3 is 9.97 Å². The average molecular weight is 802 g/mol. The molecule has 0 aliphatic carbocycles. The molecule has 4 nitrogen and oxygen atoms in total. The summed E-state index contributed by atoms with van der Waals surface area (Å²) in [6.07, 6.45) is 7.11. The topological polar surface area (TPSA) is 51.6 Å². The van der Waals surface area contributed by atoms with E-state index in [1.54, 1.807) is 24.8 Å². The molecule has 0 atom stereocenters. The molecule has 0 bridgehead atoms. The van der Waals surface area contributed by atoms with Gasteiger partial charge in [0.05, 0.1) is 11.4 Å². The van der Waals surface area contributed by atoms with E-state index in [2.05, 4.69) is 32.1 Å². The molecule has 0 unspecified atom stereocenters. The van der Waals surface area contributed by atoms with Gasteiger partial charge in [0.2, 0.25) is 0 Å². The maximum atomic E-state index is 9.87. The molecule has 0 saturated carbocycles. The third-order valence-electron chi connectivity index (χ3n) is 4.89. The van der Waals surface area contributed by atoms with E-state index in [1.165, 1.54) is 0 Å². The molecule has 0 aliphatic rings. The van der Waals surface area contributed by atoms with Gasteiger partial charge in [-0.25, -0.2) is 0 Å². The summed E-state index contributed by atoms with van der Waals surface area (Å²) in [6, 6.07) is 45.2. The van der Waals surface area contributed by atoms with Crippen LogP contribution < -0.4 is 0 Å². The van der Waals surface area contributed by atoms with Crippen molar-refractivity contribution >= 4 is 7.81 Å². The van der Waals surface area contributed by atoms with Crippen LogP contribution in [0.2, 0.25) is 0 Å². The van der Waals surface area contributed by atoms with Crippen LogP contribution in [-0.4, -0.2) is 19.9 Å². The summed E-state index contributed by atoms with van der Waals surface area (Å²) in [7, 11) is -10.7. The van der Waals surface area contributed by atoms with Crippen molar-refractivity contribution in [2.45, 2.75) is 0 Å². The number of rotatable bonds is 3. The van der Waals surface area contributed by atoms with Crippen molar-refractivity contribution in [1.29, 1.82) is 0 Å². The summed E-state index contributed by atoms with van der Waals surface area (Å²) in [5.74, 6) is 0. The number of halogens is 6. The van der Waals surface area contributed by atoms with E-state index in [4.69, 9.17) is 0 Å². The molecule has 44 heavy (non-hydrogen) atoms. The van der Waals surface area contributed by atoms with Crippen LogP contribution in [0.25, 0.3) is 33.9 Å². The molecule has 228 valence electrons. The van der Waals surface area contributed by atoms with E-state index in [1.807, 2.05) is 121 Å². The molecule has 0 saturated heterocycles. The van der Waals surface area contributed by atoms with Gasteiger partial charge >= 0.3 is 53.1 Å². The van der Waals surface area contributed by atoms with E-state index in [9.17, 15) is 25.2 Å². The molecular formula is C32H24F6IrN4P. The van der Waals surface area contributed by atoms with Gasteiger partial charge in [0.15, 0.2) is 0 Å². The number of hydrogen-bond donors (Lipinski definition) is 0. The van der Waals surface area contributed by atoms with Gasteiger partial charge in [-0.2, -0.15) is 0 Å². The zero-order chi connectivity index (χ0) is 31.1. The molecular weight excluding hydrogens is 778 g/mol. The van der Waals surface area contributed by atoms with E-state index in [-0.39, 0.29) is 20.1 Å². The average Bonchev–Trinajstić information content (AvgIpc) is 3.03. The van der Waals surface area contributed by atoms with Gasteiger partial charge in [-0.15, -0.1) is 71.8 Å². The van der Waals surface area contributed by atoms with Crippen molar-refractivity contribution in [2.24, 2.45) is 0 Å². The van der Waals surface area contributed by atoms with Crippen molar-refractivity contribution in [3.8, 4) is 33.9 Å². The zero-order valence-corrected chi connectivity index (χ0v) is 26.0. The minimum atomic E-state index is -10.7. The van der Waals surface area contributed by atoms with Crippen molar-refractivity contribution in [2.75, 3.05) is 0 Å². The zero-order valence-electron chi connectivity index (χ0n) is 22.7. The summed E-state index contributed by atoms with van der Waals surface area (Å²) >= 11 is 0. The SMILES string of the molecule is F[P-](F)(F)(F)(F)F.[Ir+3].[c-]1ccccc1-c1ccccn1.[c-]1ccccc1-c1ccccn1.c1ccc(-c2ccccn2)nc1. The minimum absolute atomic E-state index is 0. The van der Waals surface area contributed by atoms with Crippen LogP contribution in [0.3, 0.4) is 0 Å². The minimum Gasteiger partial charge on any atom is -0.305 e. The number of benzene rings is 2. The first-order valence-corrected chi connectivity index (χ1v) is 14.5. The molecule has 0 amide bonds. The van der Waals surface area contributed by atoms with Crippen molar-refractivity contribution in [3.63, 3.8) is 0 Å². The molecule has 0 radical (unpaired) electrons. The Kier molecular flexibility index (Phi) is 13.0. The van der Waals surface area contributed by atoms with Crippen LogP contribution in [0.4, 0.5) is 25.2 Å². The van der Waals surface area contributed by atoms with Crippen LogP contribution in [-0.2, 0) is 20.1 Å². The monoisotopic (exact) mass is 802 g/mol. The fourth-order valence-electron chi connectivity index (χ4n) is 3.18. The molecule has 4 heterocycles. The summed E-state index contributed by atoms with van der Waals surface area (Å²) in [6.45, 7) is 0. The predicted molar refractivity (Wildman–Crippen MR) is 158 cm³/mol. The first-order valence-electron chi connectivity index (χ1n) is 12.5. The summed E-state index contributed by atoms with van der Waals surface area (Å²) in [5.41, 5.74) is 5.85. The first kappa shape index (κ1) is 35.9. The van der Waals surface area contributed by atoms with Crippen LogP contribution in [0.15, 0.2) is 146 Å². The predicted octanol–water partition coefficient (Wildman–Crippen LogP) is 10.6. The van der Waals surface area contributed by atoms with Gasteiger partial charge in [-0.1, -0.05) is 36.4 Å². The molecule has 0 spiro atoms. The normalized spacial score (nSPS) is 11.6. The second-order valence-corrected chi connectivity index (χ2v) is 10.3. The third-order valence-corrected chi connectivity index (χ3v) is 4.89. The Hall–Kier alpha value is -4.30. The van der Waals surface area contributed by atoms with Crippen molar-refractivity contribution < 1.29 is 45.3 Å². The van der Waals surface area contributed by atoms with Crippen LogP contribution >= 0.6 is 7.81 Å². The summed E-state index contributed by atoms with van der Waals surface area (Å²) in [5, 5.41) is 0. The molecule has 6 rings (SSSR count). The standard InChI is InChI=1S/2C11H8N.C10H8N2.F6P.Ir/c2*1-2-6-10(7-3-1)11-8-4-5-9-12-11;1-3-7-11-9(5-1)10-6-2-4-8-12-10;1-7(2,3,4,5)6;/h2*1-6,8-9H;1-8H;;/q2*-1;;-1;+3. The Morgan fingerprint density at radius 1 is 0.386 bits per heavy atom. The Morgan fingerprint density at radius 2 is 0.659 bits per heavy atom. The molecule has 0 fully saturated rings. The number of hydrogen-bond acceptors (Lipinski definition) is 4. The largest absolute Gasteiger partial charge is 3.00 e. The van der Waals surface area contributed by atoms with Gasteiger partial charge in [-0.3, -0.25) is 9.97 Å². The van der Waals surface area contributed by atoms with Crippen LogP contribution in [0.5, 0.6) is 0 Å². The molecule has 6 aromatic rings. The second-order valence-electron chi connectivity index (χ2n) is 8.37. The van der Waals surface area contributed by atoms with Crippen LogP contribution in [0, 0.1) is 12.1 Å². The van der Waals surface area contributed by atoms with E-state index in [0.717, 1.165) is 33.9 Å². The Balaban J connectivity index is 0.000000207. The molecule has 2 aromatic carbocycles. The number of aromatic nitrogens is 4. The maximum Gasteiger partial charge on any atom is 3.00 e. The second kappa shape index (κ2) is 16.0. The van der Waals surface area contributed by atoms with Crippen LogP contribution in [0.1, 0.15) is 0 Å². The fourth-order valence-corrected chi connectivity index (χ4v) is 3.18. The third kappa shape index (κ3) is 16.4. The van der Waals surface area contributed by atoms with E-state index < -0.39 is 7.81 Å². The number of pyridine rings is 4. The Morgan fingerprint density at radius 3 is 0.886 bits per heavy atom. The molecule has 12 heteroatoms. The number of nitrogens with zero attached hydrogens (tertiary/aromatic N) is 4. The van der Waals surface area contributed by atoms with E-state index in [0.29, 0.717) is 0 Å². The summed E-state index contributed by atoms with van der Waals surface area (Å²) < 4.78 is 59.2. The van der Waals surface area contributed by atoms with E-state index >= 15 is 0 Å². The summed E-state index contributed by atoms with van der Waals surface area (Å²) in [4.78, 5) is 16.8.